The first kappa shape index (κ1) is 20.4. The molecule has 3 rings (SSSR count). The van der Waals surface area contributed by atoms with Crippen molar-refractivity contribution in [3.63, 3.8) is 0 Å². The molecule has 0 aliphatic heterocycles. The third kappa shape index (κ3) is 3.77. The molecule has 2 aromatic heterocycles. The van der Waals surface area contributed by atoms with Gasteiger partial charge in [-0.1, -0.05) is 26.8 Å². The normalized spacial score (nSPS) is 12.4. The molecule has 28 heavy (non-hydrogen) atoms. The molecular formula is C21H30N4O2Si. The number of benzene rings is 1. The largest absolute Gasteiger partial charge is 0.543 e. The van der Waals surface area contributed by atoms with Crippen LogP contribution in [0, 0.1) is 13.8 Å². The second-order valence-electron chi connectivity index (χ2n) is 8.81. The minimum Gasteiger partial charge on any atom is -0.543 e. The molecule has 6 nitrogen and oxygen atoms in total. The van der Waals surface area contributed by atoms with Crippen molar-refractivity contribution in [2.24, 2.45) is 0 Å². The molecule has 0 saturated heterocycles. The average Bonchev–Trinajstić information content (AvgIpc) is 2.94. The summed E-state index contributed by atoms with van der Waals surface area (Å²) in [6, 6.07) is 6.13. The molecule has 0 saturated carbocycles. The third-order valence-corrected chi connectivity index (χ3v) is 10.1. The molecule has 0 amide bonds. The Labute approximate surface area is 167 Å². The molecule has 0 spiro atoms. The molecule has 0 aliphatic carbocycles. The molecular weight excluding hydrogens is 368 g/mol. The summed E-state index contributed by atoms with van der Waals surface area (Å²) in [4.78, 5) is 4.42. The van der Waals surface area contributed by atoms with Crippen LogP contribution in [0.4, 0.5) is 11.5 Å². The maximum Gasteiger partial charge on any atom is 0.250 e. The molecule has 0 atom stereocenters. The first-order chi connectivity index (χ1) is 13.0. The van der Waals surface area contributed by atoms with Gasteiger partial charge >= 0.3 is 0 Å². The molecule has 2 heterocycles. The minimum absolute atomic E-state index is 0.0241. The summed E-state index contributed by atoms with van der Waals surface area (Å²) in [6.45, 7) is 15.2. The van der Waals surface area contributed by atoms with Crippen molar-refractivity contribution >= 4 is 25.3 Å². The van der Waals surface area contributed by atoms with E-state index in [-0.39, 0.29) is 11.6 Å². The van der Waals surface area contributed by atoms with Gasteiger partial charge in [-0.05, 0) is 49.2 Å². The van der Waals surface area contributed by atoms with Crippen LogP contribution >= 0.6 is 0 Å². The minimum atomic E-state index is -1.93. The fourth-order valence-electron chi connectivity index (χ4n) is 2.81. The van der Waals surface area contributed by atoms with Gasteiger partial charge in [-0.15, -0.1) is 0 Å². The first-order valence-electron chi connectivity index (χ1n) is 9.53. The summed E-state index contributed by atoms with van der Waals surface area (Å²) in [5.74, 6) is 1.61. The summed E-state index contributed by atoms with van der Waals surface area (Å²) in [5, 5.41) is 17.3. The summed E-state index contributed by atoms with van der Waals surface area (Å²) in [7, 11) is -1.93. The van der Waals surface area contributed by atoms with Crippen LogP contribution in [-0.2, 0) is 6.61 Å². The summed E-state index contributed by atoms with van der Waals surface area (Å²) in [5.41, 5.74) is 4.69. The molecule has 0 aliphatic rings. The van der Waals surface area contributed by atoms with Gasteiger partial charge in [0.1, 0.15) is 17.6 Å². The quantitative estimate of drug-likeness (QED) is 0.594. The van der Waals surface area contributed by atoms with E-state index >= 15 is 0 Å². The SMILES string of the molecule is Cc1ccc(Nc2ncnn3cc(CO)c(C)c23)cc1O[Si](C)(C)C(C)(C)C. The van der Waals surface area contributed by atoms with Crippen LogP contribution in [0.3, 0.4) is 0 Å². The number of aliphatic hydroxyl groups is 1. The van der Waals surface area contributed by atoms with E-state index < -0.39 is 8.32 Å². The van der Waals surface area contributed by atoms with E-state index in [1.807, 2.05) is 25.3 Å². The lowest BCUT2D eigenvalue weighted by molar-refractivity contribution is 0.281. The zero-order chi connectivity index (χ0) is 20.7. The number of nitrogens with zero attached hydrogens (tertiary/aromatic N) is 3. The Kier molecular flexibility index (Phi) is 5.25. The zero-order valence-corrected chi connectivity index (χ0v) is 18.8. The van der Waals surface area contributed by atoms with Crippen LogP contribution in [0.25, 0.3) is 5.52 Å². The summed E-state index contributed by atoms with van der Waals surface area (Å²) < 4.78 is 8.28. The predicted molar refractivity (Wildman–Crippen MR) is 116 cm³/mol. The van der Waals surface area contributed by atoms with Gasteiger partial charge in [0, 0.05) is 23.5 Å². The maximum atomic E-state index is 9.55. The van der Waals surface area contributed by atoms with Crippen LogP contribution in [0.5, 0.6) is 5.75 Å². The number of aryl methyl sites for hydroxylation is 2. The zero-order valence-electron chi connectivity index (χ0n) is 17.8. The van der Waals surface area contributed by atoms with Gasteiger partial charge in [0.25, 0.3) is 0 Å². The highest BCUT2D eigenvalue weighted by atomic mass is 28.4. The van der Waals surface area contributed by atoms with E-state index in [0.29, 0.717) is 5.82 Å². The number of fused-ring (bicyclic) bond motifs is 1. The number of anilines is 2. The van der Waals surface area contributed by atoms with Crippen LogP contribution < -0.4 is 9.74 Å². The number of aliphatic hydroxyl groups excluding tert-OH is 1. The van der Waals surface area contributed by atoms with Crippen LogP contribution in [-0.4, -0.2) is 28.0 Å². The first-order valence-corrected chi connectivity index (χ1v) is 12.4. The lowest BCUT2D eigenvalue weighted by Crippen LogP contribution is -2.44. The predicted octanol–water partition coefficient (Wildman–Crippen LogP) is 4.97. The highest BCUT2D eigenvalue weighted by molar-refractivity contribution is 6.74. The monoisotopic (exact) mass is 398 g/mol. The number of hydrogen-bond acceptors (Lipinski definition) is 5. The molecule has 7 heteroatoms. The van der Waals surface area contributed by atoms with Gasteiger partial charge in [0.2, 0.25) is 8.32 Å². The van der Waals surface area contributed by atoms with Crippen LogP contribution in [0.15, 0.2) is 30.7 Å². The molecule has 3 aromatic rings. The van der Waals surface area contributed by atoms with Crippen molar-refractivity contribution in [2.75, 3.05) is 5.32 Å². The lowest BCUT2D eigenvalue weighted by atomic mass is 10.2. The van der Waals surface area contributed by atoms with Gasteiger partial charge in [0.05, 0.1) is 6.61 Å². The Hall–Kier alpha value is -2.38. The van der Waals surface area contributed by atoms with Gasteiger partial charge in [-0.3, -0.25) is 0 Å². The van der Waals surface area contributed by atoms with Crippen LogP contribution in [0.1, 0.15) is 37.5 Å². The summed E-state index contributed by atoms with van der Waals surface area (Å²) in [6.07, 6.45) is 3.34. The van der Waals surface area contributed by atoms with E-state index in [1.54, 1.807) is 4.52 Å². The van der Waals surface area contributed by atoms with Gasteiger partial charge in [-0.2, -0.15) is 5.10 Å². The molecule has 2 N–H and O–H groups in total. The number of aromatic nitrogens is 3. The molecule has 0 unspecified atom stereocenters. The fraction of sp³-hybridized carbons (Fsp3) is 0.429. The van der Waals surface area contributed by atoms with Gasteiger partial charge in [-0.25, -0.2) is 9.50 Å². The van der Waals surface area contributed by atoms with Gasteiger partial charge < -0.3 is 14.8 Å². The highest BCUT2D eigenvalue weighted by Crippen LogP contribution is 2.39. The second kappa shape index (κ2) is 7.22. The van der Waals surface area contributed by atoms with E-state index in [9.17, 15) is 5.11 Å². The molecule has 0 bridgehead atoms. The topological polar surface area (TPSA) is 71.7 Å². The van der Waals surface area contributed by atoms with Crippen LogP contribution in [0.2, 0.25) is 18.1 Å². The molecule has 0 radical (unpaired) electrons. The van der Waals surface area contributed by atoms with Crippen molar-refractivity contribution in [1.29, 1.82) is 0 Å². The summed E-state index contributed by atoms with van der Waals surface area (Å²) >= 11 is 0. The Bertz CT molecular complexity index is 1010. The maximum absolute atomic E-state index is 9.55. The Balaban J connectivity index is 1.97. The fourth-order valence-corrected chi connectivity index (χ4v) is 3.89. The lowest BCUT2D eigenvalue weighted by Gasteiger charge is -2.37. The highest BCUT2D eigenvalue weighted by Gasteiger charge is 2.39. The van der Waals surface area contributed by atoms with E-state index in [2.05, 4.69) is 62.3 Å². The second-order valence-corrected chi connectivity index (χ2v) is 13.5. The smallest absolute Gasteiger partial charge is 0.250 e. The van der Waals surface area contributed by atoms with Crippen molar-refractivity contribution in [1.82, 2.24) is 14.6 Å². The van der Waals surface area contributed by atoms with E-state index in [1.165, 1.54) is 6.33 Å². The Morgan fingerprint density at radius 2 is 1.93 bits per heavy atom. The molecule has 0 fully saturated rings. The number of rotatable bonds is 5. The third-order valence-electron chi connectivity index (χ3n) is 5.72. The number of nitrogens with one attached hydrogen (secondary N) is 1. The van der Waals surface area contributed by atoms with E-state index in [4.69, 9.17) is 4.43 Å². The standard InChI is InChI=1S/C21H30N4O2Si/c1-14-8-9-17(10-18(14)27-28(6,7)21(3,4)5)24-20-19-15(2)16(12-26)11-25(19)23-13-22-20/h8-11,13,26H,12H2,1-7H3,(H,22,23,24). The van der Waals surface area contributed by atoms with Crippen molar-refractivity contribution in [3.8, 4) is 5.75 Å². The Morgan fingerprint density at radius 3 is 2.57 bits per heavy atom. The molecule has 150 valence electrons. The molecule has 1 aromatic carbocycles. The van der Waals surface area contributed by atoms with Crippen molar-refractivity contribution in [3.05, 3.63) is 47.4 Å². The van der Waals surface area contributed by atoms with Crippen molar-refractivity contribution in [2.45, 2.75) is 59.4 Å². The van der Waals surface area contributed by atoms with Crippen molar-refractivity contribution < 1.29 is 9.53 Å². The Morgan fingerprint density at radius 1 is 1.21 bits per heavy atom. The number of hydrogen-bond donors (Lipinski definition) is 2. The van der Waals surface area contributed by atoms with E-state index in [0.717, 1.165) is 33.6 Å². The van der Waals surface area contributed by atoms with Gasteiger partial charge in [0.15, 0.2) is 5.82 Å². The average molecular weight is 399 g/mol.